The molecule has 0 atom stereocenters. The molecule has 2 rings (SSSR count). The summed E-state index contributed by atoms with van der Waals surface area (Å²) in [5.41, 5.74) is -0.0826. The molecule has 0 unspecified atom stereocenters. The maximum absolute atomic E-state index is 13.5. The molecule has 2 aromatic carbocycles. The molecule has 0 bridgehead atoms. The zero-order valence-corrected chi connectivity index (χ0v) is 11.8. The summed E-state index contributed by atoms with van der Waals surface area (Å²) in [5.74, 6) is -0.241. The van der Waals surface area contributed by atoms with Gasteiger partial charge in [-0.15, -0.1) is 0 Å². The molecule has 0 aliphatic rings. The van der Waals surface area contributed by atoms with Gasteiger partial charge in [-0.2, -0.15) is 0 Å². The Kier molecular flexibility index (Phi) is 5.32. The topological polar surface area (TPSA) is 35.5 Å². The minimum absolute atomic E-state index is 0.0826. The molecule has 0 radical (unpaired) electrons. The van der Waals surface area contributed by atoms with Crippen molar-refractivity contribution in [3.63, 3.8) is 0 Å². The molecule has 0 saturated heterocycles. The van der Waals surface area contributed by atoms with Crippen LogP contribution in [0.3, 0.4) is 0 Å². The second kappa shape index (κ2) is 7.43. The molecule has 0 fully saturated rings. The van der Waals surface area contributed by atoms with E-state index in [0.29, 0.717) is 18.1 Å². The molecule has 0 spiro atoms. The average Bonchev–Trinajstić information content (AvgIpc) is 2.49. The SMILES string of the molecule is CCCCOc1ccc(OC(=O)c2ccccc2F)cc1. The Balaban J connectivity index is 1.97. The third kappa shape index (κ3) is 4.31. The van der Waals surface area contributed by atoms with E-state index in [0.717, 1.165) is 12.8 Å². The van der Waals surface area contributed by atoms with Crippen LogP contribution in [0.25, 0.3) is 0 Å². The first kappa shape index (κ1) is 15.0. The van der Waals surface area contributed by atoms with Gasteiger partial charge in [0.05, 0.1) is 12.2 Å². The normalized spacial score (nSPS) is 10.2. The Morgan fingerprint density at radius 1 is 1.05 bits per heavy atom. The van der Waals surface area contributed by atoms with E-state index in [2.05, 4.69) is 6.92 Å². The van der Waals surface area contributed by atoms with E-state index in [9.17, 15) is 9.18 Å². The van der Waals surface area contributed by atoms with Gasteiger partial charge in [0.25, 0.3) is 0 Å². The van der Waals surface area contributed by atoms with Gasteiger partial charge >= 0.3 is 5.97 Å². The van der Waals surface area contributed by atoms with Crippen LogP contribution in [0.1, 0.15) is 30.1 Å². The lowest BCUT2D eigenvalue weighted by Gasteiger charge is -2.07. The van der Waals surface area contributed by atoms with Crippen LogP contribution in [0.2, 0.25) is 0 Å². The fraction of sp³-hybridized carbons (Fsp3) is 0.235. The second-order valence-corrected chi connectivity index (χ2v) is 4.54. The molecule has 0 aliphatic carbocycles. The Bertz CT molecular complexity index is 593. The van der Waals surface area contributed by atoms with E-state index in [1.165, 1.54) is 18.2 Å². The first-order chi connectivity index (χ1) is 10.2. The molecule has 0 heterocycles. The summed E-state index contributed by atoms with van der Waals surface area (Å²) < 4.78 is 24.1. The van der Waals surface area contributed by atoms with Gasteiger partial charge in [-0.1, -0.05) is 25.5 Å². The number of hydrogen-bond acceptors (Lipinski definition) is 3. The Morgan fingerprint density at radius 3 is 2.38 bits per heavy atom. The number of esters is 1. The first-order valence-electron chi connectivity index (χ1n) is 6.90. The zero-order chi connectivity index (χ0) is 15.1. The van der Waals surface area contributed by atoms with Crippen molar-refractivity contribution in [3.8, 4) is 11.5 Å². The smallest absolute Gasteiger partial charge is 0.346 e. The Morgan fingerprint density at radius 2 is 1.71 bits per heavy atom. The third-order valence-corrected chi connectivity index (χ3v) is 2.89. The van der Waals surface area contributed by atoms with Gasteiger partial charge in [0, 0.05) is 0 Å². The summed E-state index contributed by atoms with van der Waals surface area (Å²) in [6.07, 6.45) is 2.06. The van der Waals surface area contributed by atoms with Gasteiger partial charge in [0.1, 0.15) is 17.3 Å². The molecule has 0 amide bonds. The lowest BCUT2D eigenvalue weighted by molar-refractivity contribution is 0.0729. The fourth-order valence-electron chi connectivity index (χ4n) is 1.73. The van der Waals surface area contributed by atoms with Crippen LogP contribution < -0.4 is 9.47 Å². The Hall–Kier alpha value is -2.36. The maximum Gasteiger partial charge on any atom is 0.346 e. The van der Waals surface area contributed by atoms with Crippen molar-refractivity contribution in [2.24, 2.45) is 0 Å². The van der Waals surface area contributed by atoms with E-state index >= 15 is 0 Å². The second-order valence-electron chi connectivity index (χ2n) is 4.54. The molecule has 0 aliphatic heterocycles. The van der Waals surface area contributed by atoms with Crippen LogP contribution in [0.4, 0.5) is 4.39 Å². The first-order valence-corrected chi connectivity index (χ1v) is 6.90. The monoisotopic (exact) mass is 288 g/mol. The highest BCUT2D eigenvalue weighted by molar-refractivity contribution is 5.91. The molecule has 0 N–H and O–H groups in total. The Labute approximate surface area is 123 Å². The molecule has 0 saturated carbocycles. The molecule has 2 aromatic rings. The van der Waals surface area contributed by atoms with Gasteiger partial charge in [0.2, 0.25) is 0 Å². The van der Waals surface area contributed by atoms with Crippen LogP contribution in [0.5, 0.6) is 11.5 Å². The summed E-state index contributed by atoms with van der Waals surface area (Å²) >= 11 is 0. The number of unbranched alkanes of at least 4 members (excludes halogenated alkanes) is 1. The number of hydrogen-bond donors (Lipinski definition) is 0. The van der Waals surface area contributed by atoms with Gasteiger partial charge in [-0.05, 0) is 42.8 Å². The van der Waals surface area contributed by atoms with E-state index in [1.54, 1.807) is 30.3 Å². The van der Waals surface area contributed by atoms with E-state index in [1.807, 2.05) is 0 Å². The molecule has 21 heavy (non-hydrogen) atoms. The van der Waals surface area contributed by atoms with Crippen molar-refractivity contribution < 1.29 is 18.7 Å². The van der Waals surface area contributed by atoms with E-state index in [-0.39, 0.29) is 5.56 Å². The zero-order valence-electron chi connectivity index (χ0n) is 11.8. The van der Waals surface area contributed by atoms with Crippen molar-refractivity contribution in [2.45, 2.75) is 19.8 Å². The van der Waals surface area contributed by atoms with Crippen LogP contribution in [-0.4, -0.2) is 12.6 Å². The van der Waals surface area contributed by atoms with Crippen molar-refractivity contribution in [1.29, 1.82) is 0 Å². The van der Waals surface area contributed by atoms with Crippen LogP contribution in [-0.2, 0) is 0 Å². The van der Waals surface area contributed by atoms with Crippen molar-refractivity contribution in [1.82, 2.24) is 0 Å². The molecule has 0 aromatic heterocycles. The molecular weight excluding hydrogens is 271 g/mol. The average molecular weight is 288 g/mol. The largest absolute Gasteiger partial charge is 0.494 e. The number of rotatable bonds is 6. The van der Waals surface area contributed by atoms with Crippen LogP contribution in [0.15, 0.2) is 48.5 Å². The number of benzene rings is 2. The standard InChI is InChI=1S/C17H17FO3/c1-2-3-12-20-13-8-10-14(11-9-13)21-17(19)15-6-4-5-7-16(15)18/h4-11H,2-3,12H2,1H3. The van der Waals surface area contributed by atoms with Gasteiger partial charge < -0.3 is 9.47 Å². The lowest BCUT2D eigenvalue weighted by atomic mass is 10.2. The van der Waals surface area contributed by atoms with Crippen molar-refractivity contribution in [2.75, 3.05) is 6.61 Å². The summed E-state index contributed by atoms with van der Waals surface area (Å²) in [7, 11) is 0. The summed E-state index contributed by atoms with van der Waals surface area (Å²) in [6.45, 7) is 2.75. The minimum Gasteiger partial charge on any atom is -0.494 e. The number of carbonyl (C=O) groups excluding carboxylic acids is 1. The number of carbonyl (C=O) groups is 1. The van der Waals surface area contributed by atoms with Crippen molar-refractivity contribution in [3.05, 3.63) is 59.9 Å². The maximum atomic E-state index is 13.5. The van der Waals surface area contributed by atoms with Crippen LogP contribution in [0, 0.1) is 5.82 Å². The highest BCUT2D eigenvalue weighted by atomic mass is 19.1. The molecular formula is C17H17FO3. The predicted octanol–water partition coefficient (Wildman–Crippen LogP) is 4.22. The molecule has 110 valence electrons. The predicted molar refractivity (Wildman–Crippen MR) is 78.2 cm³/mol. The fourth-order valence-corrected chi connectivity index (χ4v) is 1.73. The molecule has 4 heteroatoms. The van der Waals surface area contributed by atoms with Gasteiger partial charge in [0.15, 0.2) is 0 Å². The minimum atomic E-state index is -0.715. The van der Waals surface area contributed by atoms with Crippen molar-refractivity contribution >= 4 is 5.97 Å². The molecule has 3 nitrogen and oxygen atoms in total. The van der Waals surface area contributed by atoms with Gasteiger partial charge in [-0.25, -0.2) is 9.18 Å². The van der Waals surface area contributed by atoms with Gasteiger partial charge in [-0.3, -0.25) is 0 Å². The lowest BCUT2D eigenvalue weighted by Crippen LogP contribution is -2.10. The van der Waals surface area contributed by atoms with E-state index in [4.69, 9.17) is 9.47 Å². The number of ether oxygens (including phenoxy) is 2. The van der Waals surface area contributed by atoms with E-state index < -0.39 is 11.8 Å². The summed E-state index contributed by atoms with van der Waals surface area (Å²) in [6, 6.07) is 12.4. The van der Waals surface area contributed by atoms with Crippen LogP contribution >= 0.6 is 0 Å². The third-order valence-electron chi connectivity index (χ3n) is 2.89. The number of halogens is 1. The highest BCUT2D eigenvalue weighted by Gasteiger charge is 2.13. The summed E-state index contributed by atoms with van der Waals surface area (Å²) in [4.78, 5) is 11.8. The quantitative estimate of drug-likeness (QED) is 0.453. The highest BCUT2D eigenvalue weighted by Crippen LogP contribution is 2.19. The summed E-state index contributed by atoms with van der Waals surface area (Å²) in [5, 5.41) is 0.